The van der Waals surface area contributed by atoms with Crippen molar-refractivity contribution in [3.05, 3.63) is 0 Å². The van der Waals surface area contributed by atoms with Crippen molar-refractivity contribution >= 4 is 12.0 Å². The van der Waals surface area contributed by atoms with Gasteiger partial charge in [0.1, 0.15) is 0 Å². The first-order valence-electron chi connectivity index (χ1n) is 10.4. The number of piperidine rings is 2. The van der Waals surface area contributed by atoms with Gasteiger partial charge in [0.15, 0.2) is 0 Å². The van der Waals surface area contributed by atoms with E-state index in [1.165, 1.54) is 20.0 Å². The standard InChI is InChI=1S/C15H29N5O.C4H8O2/c21-15(18-13-2-1-5-17-12-13)20-10-8-19(9-11-20)14-3-6-16-7-4-14;1-3-4(5)6-2/h13-14,16-17H,1-12H2,(H,18,21);3H2,1-2H3. The topological polar surface area (TPSA) is 85.9 Å². The highest BCUT2D eigenvalue weighted by molar-refractivity contribution is 5.74. The average molecular weight is 384 g/mol. The van der Waals surface area contributed by atoms with Gasteiger partial charge in [-0.15, -0.1) is 0 Å². The van der Waals surface area contributed by atoms with Gasteiger partial charge < -0.3 is 25.6 Å². The van der Waals surface area contributed by atoms with E-state index in [1.54, 1.807) is 6.92 Å². The summed E-state index contributed by atoms with van der Waals surface area (Å²) in [4.78, 5) is 26.8. The molecule has 0 aromatic rings. The summed E-state index contributed by atoms with van der Waals surface area (Å²) in [7, 11) is 1.38. The third-order valence-electron chi connectivity index (χ3n) is 5.57. The van der Waals surface area contributed by atoms with Crippen LogP contribution in [0.5, 0.6) is 0 Å². The van der Waals surface area contributed by atoms with Gasteiger partial charge in [0.2, 0.25) is 0 Å². The summed E-state index contributed by atoms with van der Waals surface area (Å²) in [5.41, 5.74) is 0. The van der Waals surface area contributed by atoms with Crippen LogP contribution in [0.2, 0.25) is 0 Å². The van der Waals surface area contributed by atoms with E-state index in [-0.39, 0.29) is 12.0 Å². The van der Waals surface area contributed by atoms with Crippen molar-refractivity contribution in [3.8, 4) is 0 Å². The van der Waals surface area contributed by atoms with Crippen molar-refractivity contribution in [1.29, 1.82) is 0 Å². The summed E-state index contributed by atoms with van der Waals surface area (Å²) in [5.74, 6) is -0.157. The van der Waals surface area contributed by atoms with E-state index >= 15 is 0 Å². The maximum Gasteiger partial charge on any atom is 0.317 e. The molecule has 1 atom stereocenters. The summed E-state index contributed by atoms with van der Waals surface area (Å²) >= 11 is 0. The Balaban J connectivity index is 0.000000380. The highest BCUT2D eigenvalue weighted by atomic mass is 16.5. The van der Waals surface area contributed by atoms with Crippen molar-refractivity contribution in [1.82, 2.24) is 25.8 Å². The van der Waals surface area contributed by atoms with Gasteiger partial charge in [0.05, 0.1) is 7.11 Å². The third kappa shape index (κ3) is 7.63. The third-order valence-corrected chi connectivity index (χ3v) is 5.57. The smallest absolute Gasteiger partial charge is 0.317 e. The lowest BCUT2D eigenvalue weighted by molar-refractivity contribution is -0.140. The summed E-state index contributed by atoms with van der Waals surface area (Å²) in [6, 6.07) is 1.17. The number of esters is 1. The zero-order chi connectivity index (χ0) is 19.5. The molecule has 0 aromatic heterocycles. The predicted octanol–water partition coefficient (Wildman–Crippen LogP) is 0.387. The molecule has 3 heterocycles. The first-order chi connectivity index (χ1) is 13.1. The van der Waals surface area contributed by atoms with Crippen molar-refractivity contribution < 1.29 is 14.3 Å². The van der Waals surface area contributed by atoms with Gasteiger partial charge in [-0.2, -0.15) is 0 Å². The number of rotatable bonds is 3. The molecule has 0 aromatic carbocycles. The molecule has 0 bridgehead atoms. The molecule has 27 heavy (non-hydrogen) atoms. The maximum atomic E-state index is 12.3. The van der Waals surface area contributed by atoms with Crippen LogP contribution in [0.15, 0.2) is 0 Å². The van der Waals surface area contributed by atoms with E-state index < -0.39 is 0 Å². The Kier molecular flexibility index (Phi) is 9.86. The van der Waals surface area contributed by atoms with E-state index in [0.717, 1.165) is 71.2 Å². The Labute approximate surface area is 163 Å². The van der Waals surface area contributed by atoms with Crippen LogP contribution in [0.4, 0.5) is 4.79 Å². The molecule has 2 amide bonds. The quantitative estimate of drug-likeness (QED) is 0.611. The van der Waals surface area contributed by atoms with Gasteiger partial charge in [-0.05, 0) is 45.3 Å². The predicted molar refractivity (Wildman–Crippen MR) is 106 cm³/mol. The number of methoxy groups -OCH3 is 1. The Morgan fingerprint density at radius 3 is 2.26 bits per heavy atom. The lowest BCUT2D eigenvalue weighted by atomic mass is 10.0. The molecule has 1 unspecified atom stereocenters. The first kappa shape index (κ1) is 21.9. The van der Waals surface area contributed by atoms with Gasteiger partial charge in [0.25, 0.3) is 0 Å². The molecule has 156 valence electrons. The highest BCUT2D eigenvalue weighted by Crippen LogP contribution is 2.14. The number of hydrogen-bond donors (Lipinski definition) is 3. The van der Waals surface area contributed by atoms with Crippen LogP contribution in [-0.2, 0) is 9.53 Å². The number of amides is 2. The number of carbonyl (C=O) groups excluding carboxylic acids is 2. The molecule has 0 saturated carbocycles. The Hall–Kier alpha value is -1.38. The van der Waals surface area contributed by atoms with E-state index in [9.17, 15) is 9.59 Å². The lowest BCUT2D eigenvalue weighted by Crippen LogP contribution is -2.57. The summed E-state index contributed by atoms with van der Waals surface area (Å²) in [6.45, 7) is 9.84. The second-order valence-corrected chi connectivity index (χ2v) is 7.43. The van der Waals surface area contributed by atoms with Gasteiger partial charge in [0, 0.05) is 51.2 Å². The highest BCUT2D eigenvalue weighted by Gasteiger charge is 2.27. The molecule has 0 aliphatic carbocycles. The average Bonchev–Trinajstić information content (AvgIpc) is 2.75. The number of piperazine rings is 1. The van der Waals surface area contributed by atoms with Crippen LogP contribution in [0, 0.1) is 0 Å². The molecular formula is C19H37N5O3. The molecule has 3 rings (SSSR count). The van der Waals surface area contributed by atoms with E-state index in [0.29, 0.717) is 12.5 Å². The molecule has 8 heteroatoms. The fourth-order valence-electron chi connectivity index (χ4n) is 3.85. The summed E-state index contributed by atoms with van der Waals surface area (Å²) in [5, 5.41) is 9.94. The number of urea groups is 1. The molecule has 3 saturated heterocycles. The van der Waals surface area contributed by atoms with Crippen molar-refractivity contribution in [2.24, 2.45) is 0 Å². The van der Waals surface area contributed by atoms with Crippen LogP contribution in [0.3, 0.4) is 0 Å². The van der Waals surface area contributed by atoms with Gasteiger partial charge in [-0.25, -0.2) is 4.79 Å². The van der Waals surface area contributed by atoms with Crippen molar-refractivity contribution in [2.75, 3.05) is 59.5 Å². The normalized spacial score (nSPS) is 24.5. The fraction of sp³-hybridized carbons (Fsp3) is 0.895. The Morgan fingerprint density at radius 2 is 1.74 bits per heavy atom. The number of hydrogen-bond acceptors (Lipinski definition) is 6. The molecule has 3 aliphatic rings. The van der Waals surface area contributed by atoms with Crippen LogP contribution >= 0.6 is 0 Å². The minimum Gasteiger partial charge on any atom is -0.469 e. The zero-order valence-corrected chi connectivity index (χ0v) is 17.0. The van der Waals surface area contributed by atoms with E-state index in [2.05, 4.69) is 25.6 Å². The second kappa shape index (κ2) is 12.2. The van der Waals surface area contributed by atoms with Crippen molar-refractivity contribution in [3.63, 3.8) is 0 Å². The van der Waals surface area contributed by atoms with Crippen molar-refractivity contribution in [2.45, 2.75) is 51.1 Å². The Morgan fingerprint density at radius 1 is 1.04 bits per heavy atom. The summed E-state index contributed by atoms with van der Waals surface area (Å²) < 4.78 is 4.26. The Bertz CT molecular complexity index is 437. The minimum absolute atomic E-state index is 0.133. The molecular weight excluding hydrogens is 346 g/mol. The second-order valence-electron chi connectivity index (χ2n) is 7.43. The number of ether oxygens (including phenoxy) is 1. The maximum absolute atomic E-state index is 12.3. The van der Waals surface area contributed by atoms with E-state index in [1.807, 2.05) is 4.90 Å². The zero-order valence-electron chi connectivity index (χ0n) is 17.0. The SMILES string of the molecule is CCC(=O)OC.O=C(NC1CCCNC1)N1CCN(C2CCNCC2)CC1. The monoisotopic (exact) mass is 383 g/mol. The van der Waals surface area contributed by atoms with Crippen LogP contribution < -0.4 is 16.0 Å². The molecule has 0 spiro atoms. The largest absolute Gasteiger partial charge is 0.469 e. The summed E-state index contributed by atoms with van der Waals surface area (Å²) in [6.07, 6.45) is 5.23. The van der Waals surface area contributed by atoms with Crippen LogP contribution in [0.1, 0.15) is 39.0 Å². The number of nitrogens with zero attached hydrogens (tertiary/aromatic N) is 2. The van der Waals surface area contributed by atoms with Gasteiger partial charge >= 0.3 is 12.0 Å². The molecule has 3 aliphatic heterocycles. The van der Waals surface area contributed by atoms with Gasteiger partial charge in [-0.1, -0.05) is 6.92 Å². The molecule has 3 fully saturated rings. The molecule has 8 nitrogen and oxygen atoms in total. The number of nitrogens with one attached hydrogen (secondary N) is 3. The molecule has 0 radical (unpaired) electrons. The fourth-order valence-corrected chi connectivity index (χ4v) is 3.85. The van der Waals surface area contributed by atoms with E-state index in [4.69, 9.17) is 0 Å². The minimum atomic E-state index is -0.157. The van der Waals surface area contributed by atoms with Crippen LogP contribution in [-0.4, -0.2) is 93.4 Å². The lowest BCUT2D eigenvalue weighted by Gasteiger charge is -2.41. The number of carbonyl (C=O) groups is 2. The first-order valence-corrected chi connectivity index (χ1v) is 10.4. The molecule has 3 N–H and O–H groups in total. The van der Waals surface area contributed by atoms with Crippen LogP contribution in [0.25, 0.3) is 0 Å². The van der Waals surface area contributed by atoms with Gasteiger partial charge in [-0.3, -0.25) is 9.69 Å².